The number of esters is 2. The molecule has 0 aromatic heterocycles. The summed E-state index contributed by atoms with van der Waals surface area (Å²) in [4.78, 5) is 35.3. The molecule has 0 aromatic rings. The van der Waals surface area contributed by atoms with Crippen molar-refractivity contribution in [1.82, 2.24) is 0 Å². The number of ether oxygens (including phenoxy) is 2. The van der Waals surface area contributed by atoms with Gasteiger partial charge in [-0.15, -0.1) is 0 Å². The second-order valence-corrected chi connectivity index (χ2v) is 24.5. The van der Waals surface area contributed by atoms with Gasteiger partial charge in [0.05, 0.1) is 13.2 Å². The molecule has 0 aliphatic rings. The Hall–Kier alpha value is -2.55. The van der Waals surface area contributed by atoms with E-state index >= 15 is 0 Å². The highest BCUT2D eigenvalue weighted by Gasteiger charge is 2.26. The minimum atomic E-state index is -4.39. The van der Waals surface area contributed by atoms with Crippen molar-refractivity contribution in [1.29, 1.82) is 0 Å². The Labute approximate surface area is 501 Å². The summed E-state index contributed by atoms with van der Waals surface area (Å²) >= 11 is 0. The molecule has 0 fully saturated rings. The lowest BCUT2D eigenvalue weighted by atomic mass is 10.0. The average Bonchev–Trinajstić information content (AvgIpc) is 3.46. The zero-order chi connectivity index (χ0) is 58.7. The van der Waals surface area contributed by atoms with Crippen molar-refractivity contribution in [2.45, 2.75) is 341 Å². The second kappa shape index (κ2) is 66.6. The van der Waals surface area contributed by atoms with E-state index in [-0.39, 0.29) is 38.6 Å². The first kappa shape index (κ1) is 78.5. The molecule has 10 heteroatoms. The van der Waals surface area contributed by atoms with E-state index in [1.165, 1.54) is 225 Å². The maximum atomic E-state index is 12.8. The predicted molar refractivity (Wildman–Crippen MR) is 349 cm³/mol. The molecule has 0 heterocycles. The van der Waals surface area contributed by atoms with Crippen molar-refractivity contribution in [3.63, 3.8) is 0 Å². The highest BCUT2D eigenvalue weighted by molar-refractivity contribution is 7.47. The normalized spacial score (nSPS) is 13.4. The third-order valence-electron chi connectivity index (χ3n) is 15.1. The van der Waals surface area contributed by atoms with Crippen molar-refractivity contribution in [3.8, 4) is 0 Å². The fraction of sp³-hybridized carbons (Fsp3) is 0.803. The van der Waals surface area contributed by atoms with Gasteiger partial charge in [0.2, 0.25) is 0 Å². The summed E-state index contributed by atoms with van der Waals surface area (Å²) in [6.07, 6.45) is 87.1. The average molecular weight is 1160 g/mol. The summed E-state index contributed by atoms with van der Waals surface area (Å²) in [6.45, 7) is 3.69. The van der Waals surface area contributed by atoms with Crippen LogP contribution in [0.1, 0.15) is 335 Å². The van der Waals surface area contributed by atoms with Gasteiger partial charge in [-0.1, -0.05) is 331 Å². The summed E-state index contributed by atoms with van der Waals surface area (Å²) < 4.78 is 33.2. The standard InChI is InChI=1S/C71H130NO8P/c1-3-5-7-9-11-13-15-17-19-21-23-25-27-29-30-31-32-33-34-35-36-37-38-40-42-44-46-48-50-52-54-56-58-60-62-64-71(74)80-69(68-79-81(75,76)78-66-65-72)67-77-70(73)63-61-59-57-55-53-51-49-47-45-43-41-39-28-26-24-22-20-18-16-14-12-10-8-6-4-2/h5,7,11,13,17,19,23,25,29-30,32-33,69H,3-4,6,8-10,12,14-16,18,20-22,24,26-28,31,34-68,72H2,1-2H3,(H,75,76)/b7-5-,13-11-,19-17-,25-23-,30-29-,33-32-. The summed E-state index contributed by atoms with van der Waals surface area (Å²) in [5.74, 6) is -0.811. The molecule has 0 bridgehead atoms. The van der Waals surface area contributed by atoms with Crippen LogP contribution in [0.15, 0.2) is 72.9 Å². The number of nitrogens with two attached hydrogens (primary N) is 1. The summed E-state index contributed by atoms with van der Waals surface area (Å²) in [7, 11) is -4.39. The van der Waals surface area contributed by atoms with Gasteiger partial charge in [0.15, 0.2) is 6.10 Å². The van der Waals surface area contributed by atoms with Gasteiger partial charge in [0, 0.05) is 19.4 Å². The summed E-state index contributed by atoms with van der Waals surface area (Å²) in [6, 6.07) is 0. The summed E-state index contributed by atoms with van der Waals surface area (Å²) in [5, 5.41) is 0. The molecule has 0 aromatic carbocycles. The highest BCUT2D eigenvalue weighted by atomic mass is 31.2. The molecule has 0 aliphatic heterocycles. The first-order valence-electron chi connectivity index (χ1n) is 34.4. The lowest BCUT2D eigenvalue weighted by Crippen LogP contribution is -2.29. The Morgan fingerprint density at radius 3 is 1.01 bits per heavy atom. The zero-order valence-electron chi connectivity index (χ0n) is 53.0. The van der Waals surface area contributed by atoms with Crippen molar-refractivity contribution >= 4 is 19.8 Å². The number of carbonyl (C=O) groups is 2. The molecule has 0 spiro atoms. The lowest BCUT2D eigenvalue weighted by Gasteiger charge is -2.19. The Bertz CT molecular complexity index is 1560. The van der Waals surface area contributed by atoms with Crippen LogP contribution in [0.2, 0.25) is 0 Å². The number of allylic oxidation sites excluding steroid dienone is 12. The molecule has 0 aliphatic carbocycles. The first-order chi connectivity index (χ1) is 39.8. The number of carbonyl (C=O) groups excluding carboxylic acids is 2. The van der Waals surface area contributed by atoms with E-state index < -0.39 is 26.5 Å². The molecule has 9 nitrogen and oxygen atoms in total. The monoisotopic (exact) mass is 1160 g/mol. The van der Waals surface area contributed by atoms with Crippen LogP contribution in [0.5, 0.6) is 0 Å². The van der Waals surface area contributed by atoms with Crippen LogP contribution in [0.25, 0.3) is 0 Å². The Morgan fingerprint density at radius 2 is 0.679 bits per heavy atom. The van der Waals surface area contributed by atoms with E-state index in [9.17, 15) is 19.0 Å². The van der Waals surface area contributed by atoms with Gasteiger partial charge in [-0.25, -0.2) is 4.57 Å². The number of unbranched alkanes of at least 4 members (excludes halogenated alkanes) is 40. The van der Waals surface area contributed by atoms with Gasteiger partial charge < -0.3 is 20.1 Å². The van der Waals surface area contributed by atoms with Crippen LogP contribution < -0.4 is 5.73 Å². The van der Waals surface area contributed by atoms with Gasteiger partial charge in [-0.05, 0) is 64.2 Å². The largest absolute Gasteiger partial charge is 0.472 e. The third-order valence-corrected chi connectivity index (χ3v) is 16.1. The minimum Gasteiger partial charge on any atom is -0.462 e. The van der Waals surface area contributed by atoms with Crippen LogP contribution in [0, 0.1) is 0 Å². The highest BCUT2D eigenvalue weighted by Crippen LogP contribution is 2.43. The van der Waals surface area contributed by atoms with Crippen molar-refractivity contribution in [2.75, 3.05) is 26.4 Å². The molecular formula is C71H130NO8P. The van der Waals surface area contributed by atoms with Crippen molar-refractivity contribution in [3.05, 3.63) is 72.9 Å². The molecule has 2 atom stereocenters. The molecule has 3 N–H and O–H groups in total. The van der Waals surface area contributed by atoms with E-state index in [1.54, 1.807) is 0 Å². The number of hydrogen-bond acceptors (Lipinski definition) is 8. The first-order valence-corrected chi connectivity index (χ1v) is 35.9. The molecule has 472 valence electrons. The quantitative estimate of drug-likeness (QED) is 0.0264. The van der Waals surface area contributed by atoms with E-state index in [2.05, 4.69) is 86.8 Å². The number of hydrogen-bond donors (Lipinski definition) is 2. The van der Waals surface area contributed by atoms with Crippen molar-refractivity contribution < 1.29 is 37.6 Å². The van der Waals surface area contributed by atoms with Gasteiger partial charge in [-0.2, -0.15) is 0 Å². The molecule has 0 radical (unpaired) electrons. The van der Waals surface area contributed by atoms with Crippen LogP contribution >= 0.6 is 7.82 Å². The van der Waals surface area contributed by atoms with E-state index in [0.717, 1.165) is 77.0 Å². The SMILES string of the molecule is CC/C=C\C/C=C\C/C=C\C/C=C\C/C=C\C/C=C\CCCCCCCCCCCCCCCCCCC(=O)OC(COC(=O)CCCCCCCCCCCCCCCCCCCCCCCCCCC)COP(=O)(O)OCCN. The number of phosphoric ester groups is 1. The van der Waals surface area contributed by atoms with Gasteiger partial charge in [-0.3, -0.25) is 18.6 Å². The second-order valence-electron chi connectivity index (χ2n) is 23.0. The topological polar surface area (TPSA) is 134 Å². The lowest BCUT2D eigenvalue weighted by molar-refractivity contribution is -0.161. The fourth-order valence-electron chi connectivity index (χ4n) is 10.1. The minimum absolute atomic E-state index is 0.0539. The molecule has 0 amide bonds. The number of rotatable bonds is 65. The molecule has 2 unspecified atom stereocenters. The van der Waals surface area contributed by atoms with Gasteiger partial charge in [0.25, 0.3) is 0 Å². The van der Waals surface area contributed by atoms with Crippen LogP contribution in [0.4, 0.5) is 0 Å². The Morgan fingerprint density at radius 1 is 0.383 bits per heavy atom. The molecule has 0 saturated carbocycles. The van der Waals surface area contributed by atoms with Crippen LogP contribution in [-0.4, -0.2) is 49.3 Å². The van der Waals surface area contributed by atoms with E-state index in [1.807, 2.05) is 0 Å². The van der Waals surface area contributed by atoms with Crippen molar-refractivity contribution in [2.24, 2.45) is 5.73 Å². The number of phosphoric acid groups is 1. The molecule has 0 saturated heterocycles. The Kier molecular flexibility index (Phi) is 64.5. The molecule has 81 heavy (non-hydrogen) atoms. The fourth-order valence-corrected chi connectivity index (χ4v) is 10.8. The zero-order valence-corrected chi connectivity index (χ0v) is 53.9. The maximum absolute atomic E-state index is 12.8. The molecular weight excluding hydrogens is 1030 g/mol. The van der Waals surface area contributed by atoms with Gasteiger partial charge in [0.1, 0.15) is 6.61 Å². The van der Waals surface area contributed by atoms with E-state index in [4.69, 9.17) is 24.3 Å². The van der Waals surface area contributed by atoms with Crippen LogP contribution in [0.3, 0.4) is 0 Å². The third kappa shape index (κ3) is 66.5. The van der Waals surface area contributed by atoms with Gasteiger partial charge >= 0.3 is 19.8 Å². The predicted octanol–water partition coefficient (Wildman–Crippen LogP) is 22.4. The van der Waals surface area contributed by atoms with E-state index in [0.29, 0.717) is 6.42 Å². The maximum Gasteiger partial charge on any atom is 0.472 e. The van der Waals surface area contributed by atoms with Crippen LogP contribution in [-0.2, 0) is 32.7 Å². The molecule has 0 rings (SSSR count). The Balaban J connectivity index is 3.86. The smallest absolute Gasteiger partial charge is 0.462 e. The summed E-state index contributed by atoms with van der Waals surface area (Å²) in [5.41, 5.74) is 5.40.